The third-order valence-electron chi connectivity index (χ3n) is 3.90. The van der Waals surface area contributed by atoms with Crippen LogP contribution in [0.15, 0.2) is 36.4 Å². The van der Waals surface area contributed by atoms with Crippen molar-refractivity contribution >= 4 is 58.0 Å². The summed E-state index contributed by atoms with van der Waals surface area (Å²) in [4.78, 5) is 0. The van der Waals surface area contributed by atoms with Crippen LogP contribution in [-0.4, -0.2) is 11.4 Å². The molecule has 2 atom stereocenters. The minimum atomic E-state index is -0.921. The quantitative estimate of drug-likeness (QED) is 0.414. The molecule has 1 saturated carbocycles. The molecular formula is C16H11Cl5O. The Labute approximate surface area is 154 Å². The van der Waals surface area contributed by atoms with E-state index < -0.39 is 4.33 Å². The van der Waals surface area contributed by atoms with E-state index in [0.717, 1.165) is 16.9 Å². The fourth-order valence-corrected chi connectivity index (χ4v) is 4.25. The highest BCUT2D eigenvalue weighted by Crippen LogP contribution is 2.71. The second-order valence-corrected chi connectivity index (χ2v) is 7.86. The van der Waals surface area contributed by atoms with Crippen LogP contribution < -0.4 is 4.74 Å². The lowest BCUT2D eigenvalue weighted by Crippen LogP contribution is -1.92. The molecule has 0 aromatic heterocycles. The lowest BCUT2D eigenvalue weighted by atomic mass is 10.0. The maximum atomic E-state index is 6.48. The first kappa shape index (κ1) is 16.5. The molecule has 0 heterocycles. The van der Waals surface area contributed by atoms with Crippen molar-refractivity contribution in [1.29, 1.82) is 0 Å². The van der Waals surface area contributed by atoms with Gasteiger partial charge in [0.15, 0.2) is 0 Å². The van der Waals surface area contributed by atoms with Gasteiger partial charge in [-0.1, -0.05) is 46.9 Å². The molecule has 2 aromatic rings. The zero-order valence-corrected chi connectivity index (χ0v) is 15.2. The van der Waals surface area contributed by atoms with Crippen molar-refractivity contribution in [3.63, 3.8) is 0 Å². The summed E-state index contributed by atoms with van der Waals surface area (Å²) < 4.78 is 4.24. The third-order valence-corrected chi connectivity index (χ3v) is 5.89. The summed E-state index contributed by atoms with van der Waals surface area (Å²) in [6, 6.07) is 11.0. The Morgan fingerprint density at radius 3 is 2.05 bits per heavy atom. The molecule has 0 spiro atoms. The number of hydrogen-bond acceptors (Lipinski definition) is 1. The van der Waals surface area contributed by atoms with E-state index in [1.807, 2.05) is 24.3 Å². The standard InChI is InChI=1S/C16H11Cl5O/c1-22-9-4-2-8(3-5-9)14-15(16(14,20)21)10-6-12(18)13(19)7-11(10)17/h2-7,14-15H,1H3/t14-,15-/m0/s1. The average Bonchev–Trinajstić information content (AvgIpc) is 3.05. The maximum absolute atomic E-state index is 6.48. The van der Waals surface area contributed by atoms with Crippen LogP contribution in [0.25, 0.3) is 0 Å². The molecule has 1 fully saturated rings. The fourth-order valence-electron chi connectivity index (χ4n) is 2.72. The van der Waals surface area contributed by atoms with Crippen LogP contribution in [0.3, 0.4) is 0 Å². The van der Waals surface area contributed by atoms with Gasteiger partial charge in [0.1, 0.15) is 10.1 Å². The number of ether oxygens (including phenoxy) is 1. The van der Waals surface area contributed by atoms with Gasteiger partial charge < -0.3 is 4.74 Å². The summed E-state index contributed by atoms with van der Waals surface area (Å²) in [6.45, 7) is 0. The summed E-state index contributed by atoms with van der Waals surface area (Å²) in [5, 5.41) is 1.36. The van der Waals surface area contributed by atoms with Crippen molar-refractivity contribution in [2.75, 3.05) is 7.11 Å². The van der Waals surface area contributed by atoms with E-state index in [4.69, 9.17) is 62.7 Å². The predicted molar refractivity (Wildman–Crippen MR) is 94.4 cm³/mol. The first-order valence-electron chi connectivity index (χ1n) is 6.52. The van der Waals surface area contributed by atoms with Crippen molar-refractivity contribution in [2.24, 2.45) is 0 Å². The minimum Gasteiger partial charge on any atom is -0.497 e. The van der Waals surface area contributed by atoms with E-state index >= 15 is 0 Å². The number of hydrogen-bond donors (Lipinski definition) is 0. The van der Waals surface area contributed by atoms with Gasteiger partial charge in [0.05, 0.1) is 17.2 Å². The number of methoxy groups -OCH3 is 1. The van der Waals surface area contributed by atoms with Gasteiger partial charge in [-0.15, -0.1) is 23.2 Å². The second-order valence-electron chi connectivity index (χ2n) is 5.19. The van der Waals surface area contributed by atoms with Crippen LogP contribution >= 0.6 is 58.0 Å². The Balaban J connectivity index is 1.97. The molecule has 22 heavy (non-hydrogen) atoms. The molecule has 0 amide bonds. The molecule has 0 bridgehead atoms. The van der Waals surface area contributed by atoms with E-state index in [9.17, 15) is 0 Å². The lowest BCUT2D eigenvalue weighted by Gasteiger charge is -2.06. The van der Waals surface area contributed by atoms with Crippen molar-refractivity contribution < 1.29 is 4.74 Å². The highest BCUT2D eigenvalue weighted by Gasteiger charge is 2.64. The van der Waals surface area contributed by atoms with E-state index in [1.54, 1.807) is 19.2 Å². The summed E-state index contributed by atoms with van der Waals surface area (Å²) in [7, 11) is 1.62. The smallest absolute Gasteiger partial charge is 0.133 e. The Kier molecular flexibility index (Phi) is 4.48. The molecule has 2 aromatic carbocycles. The Morgan fingerprint density at radius 2 is 1.45 bits per heavy atom. The van der Waals surface area contributed by atoms with Crippen LogP contribution in [0.2, 0.25) is 15.1 Å². The van der Waals surface area contributed by atoms with Crippen LogP contribution in [0.5, 0.6) is 5.75 Å². The molecular weight excluding hydrogens is 385 g/mol. The summed E-state index contributed by atoms with van der Waals surface area (Å²) in [6.07, 6.45) is 0. The highest BCUT2D eigenvalue weighted by molar-refractivity contribution is 6.53. The molecule has 1 aliphatic carbocycles. The fraction of sp³-hybridized carbons (Fsp3) is 0.250. The molecule has 0 radical (unpaired) electrons. The van der Waals surface area contributed by atoms with Crippen molar-refractivity contribution in [1.82, 2.24) is 0 Å². The van der Waals surface area contributed by atoms with Gasteiger partial charge in [0, 0.05) is 16.9 Å². The van der Waals surface area contributed by atoms with Crippen molar-refractivity contribution in [2.45, 2.75) is 16.2 Å². The SMILES string of the molecule is COc1ccc([C@H]2[C@H](c3cc(Cl)c(Cl)cc3Cl)C2(Cl)Cl)cc1. The first-order chi connectivity index (χ1) is 10.4. The molecule has 6 heteroatoms. The second kappa shape index (κ2) is 5.96. The normalized spacial score (nSPS) is 22.5. The van der Waals surface area contributed by atoms with Gasteiger partial charge in [0.25, 0.3) is 0 Å². The van der Waals surface area contributed by atoms with Gasteiger partial charge in [-0.2, -0.15) is 0 Å². The van der Waals surface area contributed by atoms with Crippen LogP contribution in [0.1, 0.15) is 23.0 Å². The molecule has 0 saturated heterocycles. The Hall–Kier alpha value is -0.310. The van der Waals surface area contributed by atoms with Gasteiger partial charge in [0.2, 0.25) is 0 Å². The molecule has 116 valence electrons. The van der Waals surface area contributed by atoms with Crippen molar-refractivity contribution in [3.8, 4) is 5.75 Å². The largest absolute Gasteiger partial charge is 0.497 e. The van der Waals surface area contributed by atoms with Gasteiger partial charge >= 0.3 is 0 Å². The molecule has 0 N–H and O–H groups in total. The van der Waals surface area contributed by atoms with E-state index in [1.165, 1.54) is 0 Å². The molecule has 0 aliphatic heterocycles. The van der Waals surface area contributed by atoms with E-state index in [2.05, 4.69) is 0 Å². The average molecular weight is 397 g/mol. The summed E-state index contributed by atoms with van der Waals surface area (Å²) in [5.74, 6) is 0.589. The van der Waals surface area contributed by atoms with Crippen molar-refractivity contribution in [3.05, 3.63) is 62.6 Å². The number of alkyl halides is 2. The number of rotatable bonds is 3. The van der Waals surface area contributed by atoms with Crippen LogP contribution in [0, 0.1) is 0 Å². The van der Waals surface area contributed by atoms with E-state index in [-0.39, 0.29) is 11.8 Å². The predicted octanol–water partition coefficient (Wildman–Crippen LogP) is 6.71. The molecule has 3 rings (SSSR count). The lowest BCUT2D eigenvalue weighted by molar-refractivity contribution is 0.414. The van der Waals surface area contributed by atoms with Gasteiger partial charge in [-0.25, -0.2) is 0 Å². The Morgan fingerprint density at radius 1 is 0.864 bits per heavy atom. The molecule has 1 nitrogen and oxygen atoms in total. The molecule has 0 unspecified atom stereocenters. The highest BCUT2D eigenvalue weighted by atomic mass is 35.5. The van der Waals surface area contributed by atoms with Gasteiger partial charge in [-0.3, -0.25) is 0 Å². The number of halogens is 5. The van der Waals surface area contributed by atoms with Crippen LogP contribution in [0.4, 0.5) is 0 Å². The molecule has 1 aliphatic rings. The van der Waals surface area contributed by atoms with Gasteiger partial charge in [-0.05, 0) is 35.4 Å². The zero-order valence-electron chi connectivity index (χ0n) is 11.4. The number of benzene rings is 2. The topological polar surface area (TPSA) is 9.23 Å². The van der Waals surface area contributed by atoms with E-state index in [0.29, 0.717) is 15.1 Å². The summed E-state index contributed by atoms with van der Waals surface area (Å²) >= 11 is 31.3. The zero-order chi connectivity index (χ0) is 16.1. The Bertz CT molecular complexity index is 711. The summed E-state index contributed by atoms with van der Waals surface area (Å²) in [5.41, 5.74) is 1.83. The minimum absolute atomic E-state index is 0.0588. The van der Waals surface area contributed by atoms with Crippen LogP contribution in [-0.2, 0) is 0 Å². The first-order valence-corrected chi connectivity index (χ1v) is 8.41. The maximum Gasteiger partial charge on any atom is 0.133 e. The third kappa shape index (κ3) is 2.79. The monoisotopic (exact) mass is 394 g/mol.